The van der Waals surface area contributed by atoms with Crippen molar-refractivity contribution in [2.75, 3.05) is 13.7 Å². The van der Waals surface area contributed by atoms with E-state index in [1.54, 1.807) is 26.8 Å². The number of nitrogens with one attached hydrogen (secondary N) is 2. The molecule has 34 heavy (non-hydrogen) atoms. The summed E-state index contributed by atoms with van der Waals surface area (Å²) >= 11 is 0. The largest absolute Gasteiger partial charge is 0.495 e. The van der Waals surface area contributed by atoms with E-state index in [0.717, 1.165) is 0 Å². The zero-order valence-electron chi connectivity index (χ0n) is 20.0. The molecule has 7 heteroatoms. The predicted molar refractivity (Wildman–Crippen MR) is 135 cm³/mol. The first kappa shape index (κ1) is 25.5. The van der Waals surface area contributed by atoms with Crippen LogP contribution in [0.3, 0.4) is 0 Å². The Morgan fingerprint density at radius 3 is 1.97 bits per heavy atom. The fourth-order valence-corrected chi connectivity index (χ4v) is 5.43. The van der Waals surface area contributed by atoms with Gasteiger partial charge < -0.3 is 10.1 Å². The second-order valence-electron chi connectivity index (χ2n) is 9.14. The highest BCUT2D eigenvalue weighted by Gasteiger charge is 2.26. The Kier molecular flexibility index (Phi) is 8.12. The Morgan fingerprint density at radius 1 is 0.912 bits per heavy atom. The van der Waals surface area contributed by atoms with Crippen LogP contribution in [0.1, 0.15) is 54.6 Å². The van der Waals surface area contributed by atoms with Crippen LogP contribution >= 0.6 is 0 Å². The fourth-order valence-electron chi connectivity index (χ4n) is 3.81. The van der Waals surface area contributed by atoms with Gasteiger partial charge in [0.05, 0.1) is 7.11 Å². The summed E-state index contributed by atoms with van der Waals surface area (Å²) in [6.45, 7) is 5.69. The van der Waals surface area contributed by atoms with Crippen LogP contribution in [-0.4, -0.2) is 33.5 Å². The molecule has 0 aliphatic heterocycles. The van der Waals surface area contributed by atoms with Crippen LogP contribution in [0.25, 0.3) is 0 Å². The minimum absolute atomic E-state index is 0.0657. The van der Waals surface area contributed by atoms with E-state index in [1.807, 2.05) is 36.4 Å². The topological polar surface area (TPSA) is 84.5 Å². The number of benzene rings is 3. The van der Waals surface area contributed by atoms with Crippen molar-refractivity contribution in [1.29, 1.82) is 0 Å². The Hall–Kier alpha value is -3.16. The molecule has 2 N–H and O–H groups in total. The van der Waals surface area contributed by atoms with E-state index in [-0.39, 0.29) is 28.0 Å². The molecule has 0 aliphatic carbocycles. The maximum Gasteiger partial charge on any atom is 0.251 e. The molecule has 0 aromatic heterocycles. The molecule has 0 spiro atoms. The van der Waals surface area contributed by atoms with Crippen molar-refractivity contribution < 1.29 is 17.9 Å². The molecule has 3 aromatic rings. The molecular weight excluding hydrogens is 448 g/mol. The highest BCUT2D eigenvalue weighted by molar-refractivity contribution is 7.89. The van der Waals surface area contributed by atoms with Gasteiger partial charge in [-0.2, -0.15) is 0 Å². The number of hydrogen-bond acceptors (Lipinski definition) is 4. The molecule has 1 amide bonds. The van der Waals surface area contributed by atoms with Crippen LogP contribution < -0.4 is 14.8 Å². The fraction of sp³-hybridized carbons (Fsp3) is 0.296. The van der Waals surface area contributed by atoms with Crippen molar-refractivity contribution in [1.82, 2.24) is 10.0 Å². The zero-order chi connectivity index (χ0) is 24.8. The van der Waals surface area contributed by atoms with Gasteiger partial charge in [0.25, 0.3) is 5.91 Å². The SMILES string of the molecule is COc1ccc(C(=O)NCCC(c2ccccc2)c2ccccc2)cc1S(=O)(=O)NC(C)(C)C. The van der Waals surface area contributed by atoms with Gasteiger partial charge in [-0.05, 0) is 56.5 Å². The summed E-state index contributed by atoms with van der Waals surface area (Å²) in [5.41, 5.74) is 1.93. The monoisotopic (exact) mass is 480 g/mol. The molecule has 0 atom stereocenters. The van der Waals surface area contributed by atoms with Crippen LogP contribution in [0.15, 0.2) is 83.8 Å². The number of carbonyl (C=O) groups excluding carboxylic acids is 1. The second-order valence-corrected chi connectivity index (χ2v) is 10.8. The van der Waals surface area contributed by atoms with Crippen molar-refractivity contribution in [3.63, 3.8) is 0 Å². The summed E-state index contributed by atoms with van der Waals surface area (Å²) in [4.78, 5) is 12.8. The van der Waals surface area contributed by atoms with Crippen LogP contribution in [0.4, 0.5) is 0 Å². The summed E-state index contributed by atoms with van der Waals surface area (Å²) < 4.78 is 33.6. The number of sulfonamides is 1. The number of hydrogen-bond donors (Lipinski definition) is 2. The molecule has 0 heterocycles. The maximum absolute atomic E-state index is 12.9. The minimum atomic E-state index is -3.88. The van der Waals surface area contributed by atoms with Crippen molar-refractivity contribution in [2.45, 2.75) is 43.5 Å². The quantitative estimate of drug-likeness (QED) is 0.464. The van der Waals surface area contributed by atoms with Crippen LogP contribution in [-0.2, 0) is 10.0 Å². The molecule has 180 valence electrons. The van der Waals surface area contributed by atoms with Crippen molar-refractivity contribution in [3.05, 3.63) is 95.6 Å². The van der Waals surface area contributed by atoms with Crippen LogP contribution in [0, 0.1) is 0 Å². The van der Waals surface area contributed by atoms with Crippen LogP contribution in [0.2, 0.25) is 0 Å². The maximum atomic E-state index is 12.9. The molecule has 3 rings (SSSR count). The standard InChI is InChI=1S/C27H32N2O4S/c1-27(2,3)29-34(31,32)25-19-22(15-16-24(25)33-4)26(30)28-18-17-23(20-11-7-5-8-12-20)21-13-9-6-10-14-21/h5-16,19,23,29H,17-18H2,1-4H3,(H,28,30). The Balaban J connectivity index is 1.76. The van der Waals surface area contributed by atoms with Gasteiger partial charge in [-0.3, -0.25) is 4.79 Å². The summed E-state index contributed by atoms with van der Waals surface area (Å²) in [7, 11) is -2.48. The Morgan fingerprint density at radius 2 is 1.47 bits per heavy atom. The summed E-state index contributed by atoms with van der Waals surface area (Å²) in [5.74, 6) is -0.0262. The first-order valence-corrected chi connectivity index (χ1v) is 12.7. The first-order chi connectivity index (χ1) is 16.1. The first-order valence-electron chi connectivity index (χ1n) is 11.2. The number of rotatable bonds is 9. The van der Waals surface area contributed by atoms with E-state index < -0.39 is 15.6 Å². The van der Waals surface area contributed by atoms with Crippen molar-refractivity contribution in [2.24, 2.45) is 0 Å². The average Bonchev–Trinajstić information content (AvgIpc) is 2.81. The van der Waals surface area contributed by atoms with Gasteiger partial charge in [0.2, 0.25) is 10.0 Å². The minimum Gasteiger partial charge on any atom is -0.495 e. The lowest BCUT2D eigenvalue weighted by Gasteiger charge is -2.21. The summed E-state index contributed by atoms with van der Waals surface area (Å²) in [5, 5.41) is 2.94. The highest BCUT2D eigenvalue weighted by atomic mass is 32.2. The van der Waals surface area contributed by atoms with E-state index in [4.69, 9.17) is 4.74 Å². The number of carbonyl (C=O) groups is 1. The molecule has 0 unspecified atom stereocenters. The predicted octanol–water partition coefficient (Wildman–Crippen LogP) is 4.72. The smallest absolute Gasteiger partial charge is 0.251 e. The lowest BCUT2D eigenvalue weighted by atomic mass is 9.88. The number of amides is 1. The third-order valence-corrected chi connectivity index (χ3v) is 7.06. The van der Waals surface area contributed by atoms with Crippen molar-refractivity contribution in [3.8, 4) is 5.75 Å². The molecule has 0 fully saturated rings. The molecule has 6 nitrogen and oxygen atoms in total. The highest BCUT2D eigenvalue weighted by Crippen LogP contribution is 2.28. The average molecular weight is 481 g/mol. The van der Waals surface area contributed by atoms with E-state index >= 15 is 0 Å². The van der Waals surface area contributed by atoms with Gasteiger partial charge in [-0.25, -0.2) is 13.1 Å². The van der Waals surface area contributed by atoms with Gasteiger partial charge in [-0.1, -0.05) is 60.7 Å². The number of methoxy groups -OCH3 is 1. The van der Waals surface area contributed by atoms with E-state index in [1.165, 1.54) is 30.4 Å². The van der Waals surface area contributed by atoms with E-state index in [2.05, 4.69) is 34.3 Å². The Labute approximate surface area is 202 Å². The molecule has 0 bridgehead atoms. The van der Waals surface area contributed by atoms with Gasteiger partial charge in [0, 0.05) is 23.6 Å². The zero-order valence-corrected chi connectivity index (χ0v) is 20.9. The lowest BCUT2D eigenvalue weighted by molar-refractivity contribution is 0.0952. The molecular formula is C27H32N2O4S. The molecule has 0 radical (unpaired) electrons. The normalized spacial score (nSPS) is 11.9. The third-order valence-electron chi connectivity index (χ3n) is 5.28. The summed E-state index contributed by atoms with van der Waals surface area (Å²) in [6, 6.07) is 24.8. The third kappa shape index (κ3) is 6.68. The molecule has 0 saturated carbocycles. The van der Waals surface area contributed by atoms with Gasteiger partial charge in [0.1, 0.15) is 10.6 Å². The van der Waals surface area contributed by atoms with Gasteiger partial charge in [-0.15, -0.1) is 0 Å². The molecule has 0 saturated heterocycles. The van der Waals surface area contributed by atoms with E-state index in [9.17, 15) is 13.2 Å². The summed E-state index contributed by atoms with van der Waals surface area (Å²) in [6.07, 6.45) is 0.701. The lowest BCUT2D eigenvalue weighted by Crippen LogP contribution is -2.40. The van der Waals surface area contributed by atoms with Crippen LogP contribution in [0.5, 0.6) is 5.75 Å². The van der Waals surface area contributed by atoms with Gasteiger partial charge in [0.15, 0.2) is 0 Å². The van der Waals surface area contributed by atoms with Crippen molar-refractivity contribution >= 4 is 15.9 Å². The van der Waals surface area contributed by atoms with Gasteiger partial charge >= 0.3 is 0 Å². The second kappa shape index (κ2) is 10.8. The molecule has 3 aromatic carbocycles. The van der Waals surface area contributed by atoms with E-state index in [0.29, 0.717) is 13.0 Å². The molecule has 0 aliphatic rings. The Bertz CT molecular complexity index is 1160. The number of ether oxygens (including phenoxy) is 1.